The molecule has 6 aliphatic rings. The van der Waals surface area contributed by atoms with Crippen molar-refractivity contribution in [2.24, 2.45) is 0 Å². The summed E-state index contributed by atoms with van der Waals surface area (Å²) < 4.78 is 34.4. The van der Waals surface area contributed by atoms with E-state index >= 15 is 0 Å². The van der Waals surface area contributed by atoms with E-state index in [4.69, 9.17) is 28.4 Å². The van der Waals surface area contributed by atoms with E-state index in [2.05, 4.69) is 23.8 Å². The highest BCUT2D eigenvalue weighted by Gasteiger charge is 2.44. The molecule has 4 fully saturated rings. The van der Waals surface area contributed by atoms with Crippen molar-refractivity contribution in [3.05, 3.63) is 49.1 Å². The van der Waals surface area contributed by atoms with Crippen LogP contribution in [0.1, 0.15) is 98.3 Å². The van der Waals surface area contributed by atoms with Crippen molar-refractivity contribution in [1.29, 1.82) is 0 Å². The lowest BCUT2D eigenvalue weighted by molar-refractivity contribution is -0.187. The zero-order valence-corrected chi connectivity index (χ0v) is 30.4. The van der Waals surface area contributed by atoms with Gasteiger partial charge in [-0.15, -0.1) is 0 Å². The summed E-state index contributed by atoms with van der Waals surface area (Å²) in [4.78, 5) is 51.9. The van der Waals surface area contributed by atoms with Crippen molar-refractivity contribution in [3.63, 3.8) is 0 Å². The molecule has 2 aliphatic carbocycles. The van der Waals surface area contributed by atoms with Gasteiger partial charge in [-0.25, -0.2) is 19.2 Å². The number of rotatable bonds is 12. The number of nitrogens with zero attached hydrogens (tertiary/aromatic N) is 2. The molecule has 14 heteroatoms. The number of ether oxygens (including phenoxy) is 6. The molecule has 51 heavy (non-hydrogen) atoms. The van der Waals surface area contributed by atoms with Crippen molar-refractivity contribution in [2.75, 3.05) is 13.2 Å². The highest BCUT2D eigenvalue weighted by atomic mass is 16.6. The Balaban J connectivity index is 0.000000199. The number of allylic oxidation sites excluding steroid dienone is 2. The molecule has 2 saturated carbocycles. The maximum atomic E-state index is 12.8. The zero-order chi connectivity index (χ0) is 36.8. The standard InChI is InChI=1S/C20H30N2O5.C17H24N2O5/c1-14(2)27-20(10-5-4-6-11-20)18(23)25-13-16-7-8-17(26-16)22-12-9-15(3)21-19(22)24;1-11-8-9-19(16(21)18-11)14-7-6-13(23-14)10-22-15(20)17(2,3)24-12-4-5-12/h9,12,14,16-17H,3-8,10-11,13H2,1-2H3,(H,21,24);8-9,12-14H,1,4-7,10H2,2-3H3,(H,18,21). The quantitative estimate of drug-likeness (QED) is 0.256. The highest BCUT2D eigenvalue weighted by Crippen LogP contribution is 2.35. The van der Waals surface area contributed by atoms with Gasteiger partial charge in [-0.05, 0) is 104 Å². The molecule has 4 amide bonds. The van der Waals surface area contributed by atoms with Crippen molar-refractivity contribution in [3.8, 4) is 0 Å². The van der Waals surface area contributed by atoms with Crippen LogP contribution < -0.4 is 10.6 Å². The molecule has 2 saturated heterocycles. The Hall–Kier alpha value is -3.72. The highest BCUT2D eigenvalue weighted by molar-refractivity contribution is 5.81. The minimum atomic E-state index is -0.935. The second kappa shape index (κ2) is 16.7. The second-order valence-corrected chi connectivity index (χ2v) is 14.7. The largest absolute Gasteiger partial charge is 0.461 e. The van der Waals surface area contributed by atoms with Crippen LogP contribution in [0.4, 0.5) is 9.59 Å². The summed E-state index contributed by atoms with van der Waals surface area (Å²) in [5.74, 6) is -0.664. The third-order valence-electron chi connectivity index (χ3n) is 9.44. The van der Waals surface area contributed by atoms with Crippen LogP contribution in [0.15, 0.2) is 49.1 Å². The van der Waals surface area contributed by atoms with Crippen LogP contribution in [0.5, 0.6) is 0 Å². The molecule has 4 unspecified atom stereocenters. The van der Waals surface area contributed by atoms with E-state index < -0.39 is 11.2 Å². The van der Waals surface area contributed by atoms with Crippen LogP contribution in [0, 0.1) is 0 Å². The fourth-order valence-corrected chi connectivity index (χ4v) is 6.68. The summed E-state index contributed by atoms with van der Waals surface area (Å²) in [7, 11) is 0. The van der Waals surface area contributed by atoms with Crippen molar-refractivity contribution in [1.82, 2.24) is 20.4 Å². The Bertz CT molecular complexity index is 1380. The first-order chi connectivity index (χ1) is 24.2. The van der Waals surface area contributed by atoms with Gasteiger partial charge in [0, 0.05) is 23.8 Å². The maximum absolute atomic E-state index is 12.8. The van der Waals surface area contributed by atoms with Crippen molar-refractivity contribution in [2.45, 2.75) is 146 Å². The smallest absolute Gasteiger partial charge is 0.338 e. The topological polar surface area (TPSA) is 154 Å². The van der Waals surface area contributed by atoms with Crippen LogP contribution in [0.25, 0.3) is 0 Å². The maximum Gasteiger partial charge on any atom is 0.338 e. The summed E-state index contributed by atoms with van der Waals surface area (Å²) in [6, 6.07) is -0.513. The molecule has 4 atom stereocenters. The van der Waals surface area contributed by atoms with Crippen LogP contribution in [-0.2, 0) is 38.0 Å². The van der Waals surface area contributed by atoms with Gasteiger partial charge in [0.15, 0.2) is 11.2 Å². The van der Waals surface area contributed by atoms with E-state index in [1.807, 2.05) is 13.8 Å². The predicted octanol–water partition coefficient (Wildman–Crippen LogP) is 5.26. The van der Waals surface area contributed by atoms with Gasteiger partial charge in [0.05, 0.1) is 24.4 Å². The molecular weight excluding hydrogens is 660 g/mol. The van der Waals surface area contributed by atoms with Crippen LogP contribution >= 0.6 is 0 Å². The lowest BCUT2D eigenvalue weighted by atomic mass is 9.84. The van der Waals surface area contributed by atoms with Gasteiger partial charge in [-0.2, -0.15) is 0 Å². The lowest BCUT2D eigenvalue weighted by Gasteiger charge is -2.36. The number of urea groups is 2. The number of carbonyl (C=O) groups excluding carboxylic acids is 4. The van der Waals surface area contributed by atoms with Gasteiger partial charge < -0.3 is 39.1 Å². The van der Waals surface area contributed by atoms with E-state index in [1.54, 1.807) is 38.4 Å². The first kappa shape index (κ1) is 38.5. The summed E-state index contributed by atoms with van der Waals surface area (Å²) in [5, 5.41) is 5.30. The first-order valence-electron chi connectivity index (χ1n) is 18.2. The average Bonchev–Trinajstić information content (AvgIpc) is 3.54. The van der Waals surface area contributed by atoms with Gasteiger partial charge in [-0.1, -0.05) is 19.6 Å². The molecule has 6 rings (SSSR count). The Morgan fingerprint density at radius 3 is 1.82 bits per heavy atom. The van der Waals surface area contributed by atoms with Gasteiger partial charge in [0.2, 0.25) is 0 Å². The van der Waals surface area contributed by atoms with Gasteiger partial charge >= 0.3 is 24.0 Å². The first-order valence-corrected chi connectivity index (χ1v) is 18.2. The summed E-state index contributed by atoms with van der Waals surface area (Å²) >= 11 is 0. The molecule has 0 aromatic rings. The second-order valence-electron chi connectivity index (χ2n) is 14.7. The Kier molecular flexibility index (Phi) is 12.6. The van der Waals surface area contributed by atoms with Crippen molar-refractivity contribution < 1.29 is 47.6 Å². The fraction of sp³-hybridized carbons (Fsp3) is 0.676. The normalized spacial score (nSPS) is 27.5. The molecule has 14 nitrogen and oxygen atoms in total. The molecule has 0 spiro atoms. The van der Waals surface area contributed by atoms with Crippen LogP contribution in [0.2, 0.25) is 0 Å². The van der Waals surface area contributed by atoms with E-state index in [9.17, 15) is 19.2 Å². The van der Waals surface area contributed by atoms with E-state index in [1.165, 1.54) is 9.80 Å². The van der Waals surface area contributed by atoms with Gasteiger partial charge in [-0.3, -0.25) is 9.80 Å². The molecule has 0 aromatic heterocycles. The van der Waals surface area contributed by atoms with Gasteiger partial charge in [0.25, 0.3) is 0 Å². The Morgan fingerprint density at radius 1 is 0.843 bits per heavy atom. The molecular formula is C37H54N4O10. The number of hydrogen-bond acceptors (Lipinski definition) is 10. The minimum absolute atomic E-state index is 0.0260. The average molecular weight is 715 g/mol. The Morgan fingerprint density at radius 2 is 1.35 bits per heavy atom. The van der Waals surface area contributed by atoms with E-state index in [-0.39, 0.29) is 74.1 Å². The molecule has 0 radical (unpaired) electrons. The number of hydrogen-bond donors (Lipinski definition) is 2. The van der Waals surface area contributed by atoms with Gasteiger partial charge in [0.1, 0.15) is 25.7 Å². The predicted molar refractivity (Wildman–Crippen MR) is 185 cm³/mol. The third-order valence-corrected chi connectivity index (χ3v) is 9.44. The van der Waals surface area contributed by atoms with E-state index in [0.29, 0.717) is 37.1 Å². The Labute approximate surface area is 300 Å². The SMILES string of the molecule is C=C1C=CN(C2CCC(COC(=O)C(C)(C)OC3CC3)O2)C(=O)N1.C=C1C=CN(C2CCC(COC(=O)C3(OC(C)C)CCCCC3)O2)C(=O)N1. The monoisotopic (exact) mass is 714 g/mol. The fourth-order valence-electron chi connectivity index (χ4n) is 6.68. The minimum Gasteiger partial charge on any atom is -0.461 e. The molecule has 0 bridgehead atoms. The van der Waals surface area contributed by atoms with E-state index in [0.717, 1.165) is 44.9 Å². The summed E-state index contributed by atoms with van der Waals surface area (Å²) in [5.41, 5.74) is -0.643. The van der Waals surface area contributed by atoms with Crippen LogP contribution in [-0.4, -0.2) is 95.1 Å². The molecule has 282 valence electrons. The lowest BCUT2D eigenvalue weighted by Crippen LogP contribution is -2.47. The number of carbonyl (C=O) groups is 4. The summed E-state index contributed by atoms with van der Waals surface area (Å²) in [6.07, 6.45) is 15.1. The number of esters is 2. The van der Waals surface area contributed by atoms with Crippen LogP contribution in [0.3, 0.4) is 0 Å². The third kappa shape index (κ3) is 10.4. The molecule has 0 aromatic carbocycles. The molecule has 4 heterocycles. The molecule has 4 aliphatic heterocycles. The zero-order valence-electron chi connectivity index (χ0n) is 30.4. The number of amides is 4. The molecule has 2 N–H and O–H groups in total. The number of nitrogens with one attached hydrogen (secondary N) is 2. The van der Waals surface area contributed by atoms with Crippen molar-refractivity contribution >= 4 is 24.0 Å². The summed E-state index contributed by atoms with van der Waals surface area (Å²) in [6.45, 7) is 15.1.